The second kappa shape index (κ2) is 12.7. The molecule has 0 amide bonds. The average Bonchev–Trinajstić information content (AvgIpc) is 2.51. The summed E-state index contributed by atoms with van der Waals surface area (Å²) in [5.41, 5.74) is 0. The van der Waals surface area contributed by atoms with E-state index in [1.165, 1.54) is 74.8 Å². The Morgan fingerprint density at radius 1 is 0.762 bits per heavy atom. The molecule has 0 atom stereocenters. The molecule has 0 radical (unpaired) electrons. The maximum Gasteiger partial charge on any atom is 0.0784 e. The molecule has 0 N–H and O–H groups in total. The molecular weight excluding hydrogens is 258 g/mol. The van der Waals surface area contributed by atoms with Crippen molar-refractivity contribution in [2.24, 2.45) is 0 Å². The highest BCUT2D eigenvalue weighted by Gasteiger charge is 2.18. The highest BCUT2D eigenvalue weighted by Crippen LogP contribution is 2.10. The number of benzene rings is 1. The van der Waals surface area contributed by atoms with E-state index in [1.54, 1.807) is 12.1 Å². The Morgan fingerprint density at radius 3 is 1.38 bits per heavy atom. The summed E-state index contributed by atoms with van der Waals surface area (Å²) >= 11 is 0. The van der Waals surface area contributed by atoms with E-state index in [4.69, 9.17) is 0 Å². The summed E-state index contributed by atoms with van der Waals surface area (Å²) in [6, 6.07) is 8.33. The minimum absolute atomic E-state index is 0.0718. The molecule has 0 aliphatic carbocycles. The molecule has 0 heterocycles. The third-order valence-corrected chi connectivity index (χ3v) is 3.90. The number of hydrogen-bond acceptors (Lipinski definition) is 1. The van der Waals surface area contributed by atoms with Gasteiger partial charge in [0.05, 0.1) is 26.7 Å². The Balaban J connectivity index is 0.000000471. The fraction of sp³-hybridized carbons (Fsp3) is 0.684. The lowest BCUT2D eigenvalue weighted by molar-refractivity contribution is -0.910. The number of para-hydroxylation sites is 1. The molecule has 2 nitrogen and oxygen atoms in total. The predicted molar refractivity (Wildman–Crippen MR) is 91.4 cm³/mol. The van der Waals surface area contributed by atoms with Crippen molar-refractivity contribution in [3.05, 3.63) is 30.3 Å². The van der Waals surface area contributed by atoms with Crippen LogP contribution in [-0.4, -0.2) is 31.2 Å². The van der Waals surface area contributed by atoms with E-state index in [2.05, 4.69) is 27.8 Å². The van der Waals surface area contributed by atoms with Crippen molar-refractivity contribution in [2.45, 2.75) is 59.3 Å². The van der Waals surface area contributed by atoms with Gasteiger partial charge < -0.3 is 9.59 Å². The van der Waals surface area contributed by atoms with Gasteiger partial charge >= 0.3 is 0 Å². The number of nitrogens with zero attached hydrogens (tertiary/aromatic N) is 1. The lowest BCUT2D eigenvalue weighted by atomic mass is 10.2. The van der Waals surface area contributed by atoms with Crippen LogP contribution in [0.3, 0.4) is 0 Å². The van der Waals surface area contributed by atoms with Crippen LogP contribution in [0.1, 0.15) is 59.3 Å². The predicted octanol–water partition coefficient (Wildman–Crippen LogP) is 4.59. The molecule has 0 unspecified atom stereocenters. The normalized spacial score (nSPS) is 10.9. The van der Waals surface area contributed by atoms with E-state index >= 15 is 0 Å². The Hall–Kier alpha value is -1.02. The van der Waals surface area contributed by atoms with Crippen LogP contribution in [0, 0.1) is 0 Å². The molecule has 21 heavy (non-hydrogen) atoms. The number of hydrogen-bond donors (Lipinski definition) is 0. The van der Waals surface area contributed by atoms with Crippen LogP contribution >= 0.6 is 0 Å². The van der Waals surface area contributed by atoms with Gasteiger partial charge in [-0.25, -0.2) is 0 Å². The van der Waals surface area contributed by atoms with Gasteiger partial charge in [-0.2, -0.15) is 0 Å². The molecule has 1 aromatic rings. The molecule has 2 heteroatoms. The first-order chi connectivity index (χ1) is 10.1. The van der Waals surface area contributed by atoms with Gasteiger partial charge in [-0.15, -0.1) is 5.75 Å². The largest absolute Gasteiger partial charge is 0.872 e. The Kier molecular flexibility index (Phi) is 12.1. The molecule has 0 aliphatic heterocycles. The highest BCUT2D eigenvalue weighted by atomic mass is 16.3. The van der Waals surface area contributed by atoms with Crippen molar-refractivity contribution >= 4 is 0 Å². The molecule has 0 aliphatic rings. The van der Waals surface area contributed by atoms with Crippen LogP contribution in [0.2, 0.25) is 0 Å². The molecule has 0 saturated heterocycles. The van der Waals surface area contributed by atoms with E-state index in [0.29, 0.717) is 0 Å². The number of unbranched alkanes of at least 4 members (excludes halogenated alkanes) is 3. The van der Waals surface area contributed by atoms with Gasteiger partial charge in [0.25, 0.3) is 0 Å². The average molecular weight is 293 g/mol. The zero-order valence-electron chi connectivity index (χ0n) is 14.6. The van der Waals surface area contributed by atoms with Crippen molar-refractivity contribution in [1.82, 2.24) is 0 Å². The molecule has 0 bridgehead atoms. The zero-order chi connectivity index (χ0) is 16.0. The maximum atomic E-state index is 10.3. The van der Waals surface area contributed by atoms with Gasteiger partial charge in [0.1, 0.15) is 0 Å². The van der Waals surface area contributed by atoms with Crippen molar-refractivity contribution < 1.29 is 9.59 Å². The second-order valence-electron chi connectivity index (χ2n) is 6.16. The smallest absolute Gasteiger partial charge is 0.0784 e. The minimum Gasteiger partial charge on any atom is -0.872 e. The standard InChI is InChI=1S/C13H30N.C6H6O/c1-5-8-11-14(4,12-9-6-2)13-10-7-3;7-6-4-2-1-3-5-6/h5-13H2,1-4H3;1-5,7H/q+1;/p-1. The summed E-state index contributed by atoms with van der Waals surface area (Å²) in [6.07, 6.45) is 8.20. The van der Waals surface area contributed by atoms with Gasteiger partial charge in [-0.05, 0) is 19.3 Å². The Morgan fingerprint density at radius 2 is 1.14 bits per heavy atom. The van der Waals surface area contributed by atoms with Crippen molar-refractivity contribution in [2.75, 3.05) is 26.7 Å². The first-order valence-corrected chi connectivity index (χ1v) is 8.63. The molecule has 0 saturated carbocycles. The third kappa shape index (κ3) is 11.3. The molecule has 1 aromatic carbocycles. The van der Waals surface area contributed by atoms with Crippen LogP contribution in [0.25, 0.3) is 0 Å². The lowest BCUT2D eigenvalue weighted by Gasteiger charge is -2.34. The fourth-order valence-corrected chi connectivity index (χ4v) is 2.38. The van der Waals surface area contributed by atoms with Crippen LogP contribution in [0.5, 0.6) is 5.75 Å². The van der Waals surface area contributed by atoms with Crippen LogP contribution in [0.4, 0.5) is 0 Å². The van der Waals surface area contributed by atoms with Gasteiger partial charge in [0.15, 0.2) is 0 Å². The summed E-state index contributed by atoms with van der Waals surface area (Å²) in [5.74, 6) is 0.0718. The van der Waals surface area contributed by atoms with Gasteiger partial charge in [-0.1, -0.05) is 70.4 Å². The summed E-state index contributed by atoms with van der Waals surface area (Å²) in [4.78, 5) is 0. The van der Waals surface area contributed by atoms with E-state index in [1.807, 2.05) is 6.07 Å². The highest BCUT2D eigenvalue weighted by molar-refractivity contribution is 5.17. The SMILES string of the molecule is CCCC[N+](C)(CCCC)CCCC.[O-]c1ccccc1. The number of rotatable bonds is 9. The van der Waals surface area contributed by atoms with E-state index in [0.717, 1.165) is 0 Å². The molecule has 1 rings (SSSR count). The first kappa shape index (κ1) is 20.0. The quantitative estimate of drug-likeness (QED) is 0.610. The first-order valence-electron chi connectivity index (χ1n) is 8.63. The van der Waals surface area contributed by atoms with Crippen LogP contribution < -0.4 is 5.11 Å². The second-order valence-corrected chi connectivity index (χ2v) is 6.16. The van der Waals surface area contributed by atoms with E-state index in [9.17, 15) is 5.11 Å². The van der Waals surface area contributed by atoms with Crippen LogP contribution in [0.15, 0.2) is 30.3 Å². The monoisotopic (exact) mass is 293 g/mol. The maximum absolute atomic E-state index is 10.3. The summed E-state index contributed by atoms with van der Waals surface area (Å²) in [6.45, 7) is 11.0. The Labute approximate surface area is 132 Å². The summed E-state index contributed by atoms with van der Waals surface area (Å²) in [5, 5.41) is 10.3. The van der Waals surface area contributed by atoms with Gasteiger partial charge in [0, 0.05) is 0 Å². The fourth-order valence-electron chi connectivity index (χ4n) is 2.38. The van der Waals surface area contributed by atoms with E-state index < -0.39 is 0 Å². The van der Waals surface area contributed by atoms with E-state index in [-0.39, 0.29) is 5.75 Å². The van der Waals surface area contributed by atoms with Crippen molar-refractivity contribution in [3.63, 3.8) is 0 Å². The topological polar surface area (TPSA) is 23.1 Å². The molecule has 0 aromatic heterocycles. The molecule has 122 valence electrons. The van der Waals surface area contributed by atoms with Gasteiger partial charge in [-0.3, -0.25) is 0 Å². The zero-order valence-corrected chi connectivity index (χ0v) is 14.6. The summed E-state index contributed by atoms with van der Waals surface area (Å²) < 4.78 is 1.32. The molecular formula is C19H35NO. The molecule has 0 spiro atoms. The lowest BCUT2D eigenvalue weighted by Crippen LogP contribution is -2.46. The van der Waals surface area contributed by atoms with Gasteiger partial charge in [0.2, 0.25) is 0 Å². The molecule has 0 fully saturated rings. The number of quaternary nitrogens is 1. The third-order valence-electron chi connectivity index (χ3n) is 3.90. The van der Waals surface area contributed by atoms with Crippen LogP contribution in [-0.2, 0) is 0 Å². The van der Waals surface area contributed by atoms with Crippen molar-refractivity contribution in [1.29, 1.82) is 0 Å². The van der Waals surface area contributed by atoms with Crippen molar-refractivity contribution in [3.8, 4) is 5.75 Å². The Bertz CT molecular complexity index is 302. The summed E-state index contributed by atoms with van der Waals surface area (Å²) in [7, 11) is 2.45. The minimum atomic E-state index is 0.0718.